The maximum atomic E-state index is 13.3. The molecule has 0 fully saturated rings. The number of anilines is 1. The maximum Gasteiger partial charge on any atom is 0.433 e. The summed E-state index contributed by atoms with van der Waals surface area (Å²) in [5.41, 5.74) is 4.18. The molecule has 32 heavy (non-hydrogen) atoms. The lowest BCUT2D eigenvalue weighted by Crippen LogP contribution is -2.31. The first-order chi connectivity index (χ1) is 15.3. The molecule has 0 saturated heterocycles. The minimum absolute atomic E-state index is 0.138. The molecule has 0 bridgehead atoms. The van der Waals surface area contributed by atoms with E-state index in [9.17, 15) is 22.8 Å². The molecule has 3 aromatic rings. The van der Waals surface area contributed by atoms with Crippen LogP contribution < -0.4 is 16.2 Å². The first-order valence-corrected chi connectivity index (χ1v) is 9.59. The van der Waals surface area contributed by atoms with E-state index in [-0.39, 0.29) is 34.2 Å². The van der Waals surface area contributed by atoms with Crippen molar-refractivity contribution < 1.29 is 22.8 Å². The fourth-order valence-electron chi connectivity index (χ4n) is 2.62. The number of aromatic nitrogens is 3. The van der Waals surface area contributed by atoms with Gasteiger partial charge in [-0.3, -0.25) is 25.4 Å². The number of carbonyl (C=O) groups excluding carboxylic acids is 2. The van der Waals surface area contributed by atoms with Crippen molar-refractivity contribution in [3.05, 3.63) is 71.7 Å². The van der Waals surface area contributed by atoms with Crippen molar-refractivity contribution >= 4 is 17.6 Å². The summed E-state index contributed by atoms with van der Waals surface area (Å²) in [5, 5.41) is 2.70. The van der Waals surface area contributed by atoms with Crippen molar-refractivity contribution in [2.45, 2.75) is 19.5 Å². The zero-order valence-electron chi connectivity index (χ0n) is 16.9. The summed E-state index contributed by atoms with van der Waals surface area (Å²) in [7, 11) is 0. The molecule has 8 nitrogen and oxygen atoms in total. The van der Waals surface area contributed by atoms with Gasteiger partial charge in [-0.15, -0.1) is 0 Å². The average Bonchev–Trinajstić information content (AvgIpc) is 2.80. The third kappa shape index (κ3) is 5.78. The Morgan fingerprint density at radius 1 is 1.00 bits per heavy atom. The molecule has 0 saturated carbocycles. The Morgan fingerprint density at radius 3 is 2.41 bits per heavy atom. The first kappa shape index (κ1) is 22.7. The van der Waals surface area contributed by atoms with Crippen LogP contribution in [0.2, 0.25) is 0 Å². The van der Waals surface area contributed by atoms with Gasteiger partial charge in [0, 0.05) is 41.7 Å². The van der Waals surface area contributed by atoms with Crippen LogP contribution in [0.4, 0.5) is 19.0 Å². The van der Waals surface area contributed by atoms with Gasteiger partial charge in [0.15, 0.2) is 11.5 Å². The number of nitrogens with one attached hydrogen (secondary N) is 3. The third-order valence-corrected chi connectivity index (χ3v) is 4.16. The van der Waals surface area contributed by atoms with E-state index in [1.807, 2.05) is 6.92 Å². The van der Waals surface area contributed by atoms with Crippen LogP contribution in [0.15, 0.2) is 54.9 Å². The molecule has 0 radical (unpaired) electrons. The number of hydrazine groups is 1. The molecule has 166 valence electrons. The fourth-order valence-corrected chi connectivity index (χ4v) is 2.62. The molecule has 3 rings (SSSR count). The predicted octanol–water partition coefficient (Wildman–Crippen LogP) is 3.45. The highest BCUT2D eigenvalue weighted by molar-refractivity contribution is 5.99. The van der Waals surface area contributed by atoms with E-state index in [0.29, 0.717) is 12.6 Å². The van der Waals surface area contributed by atoms with Crippen LogP contribution in [-0.4, -0.2) is 33.3 Å². The Balaban J connectivity index is 1.79. The largest absolute Gasteiger partial charge is 0.433 e. The SMILES string of the molecule is CCCNC(=O)c1cccc(C(=O)NNc2cc(C(F)(F)F)nc(-c3cccnc3)n2)c1. The number of halogens is 3. The molecule has 0 aliphatic heterocycles. The Hall–Kier alpha value is -4.02. The second-order valence-corrected chi connectivity index (χ2v) is 6.62. The van der Waals surface area contributed by atoms with Gasteiger partial charge in [-0.25, -0.2) is 9.97 Å². The molecule has 0 atom stereocenters. The summed E-state index contributed by atoms with van der Waals surface area (Å²) in [6.45, 7) is 2.40. The first-order valence-electron chi connectivity index (χ1n) is 9.59. The number of benzene rings is 1. The molecule has 0 aliphatic carbocycles. The van der Waals surface area contributed by atoms with Crippen LogP contribution >= 0.6 is 0 Å². The monoisotopic (exact) mass is 444 g/mol. The van der Waals surface area contributed by atoms with Crippen LogP contribution in [0, 0.1) is 0 Å². The van der Waals surface area contributed by atoms with Crippen molar-refractivity contribution in [1.82, 2.24) is 25.7 Å². The highest BCUT2D eigenvalue weighted by atomic mass is 19.4. The maximum absolute atomic E-state index is 13.3. The van der Waals surface area contributed by atoms with Crippen LogP contribution in [-0.2, 0) is 6.18 Å². The van der Waals surface area contributed by atoms with E-state index < -0.39 is 17.8 Å². The van der Waals surface area contributed by atoms with Gasteiger partial charge in [-0.2, -0.15) is 13.2 Å². The van der Waals surface area contributed by atoms with E-state index in [0.717, 1.165) is 6.42 Å². The molecule has 11 heteroatoms. The minimum atomic E-state index is -4.72. The fraction of sp³-hybridized carbons (Fsp3) is 0.190. The predicted molar refractivity (Wildman–Crippen MR) is 110 cm³/mol. The van der Waals surface area contributed by atoms with Crippen LogP contribution in [0.3, 0.4) is 0 Å². The smallest absolute Gasteiger partial charge is 0.352 e. The highest BCUT2D eigenvalue weighted by Gasteiger charge is 2.34. The summed E-state index contributed by atoms with van der Waals surface area (Å²) >= 11 is 0. The molecule has 2 heterocycles. The number of alkyl halides is 3. The van der Waals surface area contributed by atoms with Crippen molar-refractivity contribution in [3.63, 3.8) is 0 Å². The highest BCUT2D eigenvalue weighted by Crippen LogP contribution is 2.30. The molecule has 1 aromatic carbocycles. The van der Waals surface area contributed by atoms with Crippen molar-refractivity contribution in [1.29, 1.82) is 0 Å². The number of pyridine rings is 1. The zero-order valence-corrected chi connectivity index (χ0v) is 16.9. The van der Waals surface area contributed by atoms with Crippen LogP contribution in [0.25, 0.3) is 11.4 Å². The Kier molecular flexibility index (Phi) is 6.98. The lowest BCUT2D eigenvalue weighted by molar-refractivity contribution is -0.141. The molecule has 2 aromatic heterocycles. The van der Waals surface area contributed by atoms with Crippen LogP contribution in [0.5, 0.6) is 0 Å². The van der Waals surface area contributed by atoms with E-state index in [1.54, 1.807) is 6.07 Å². The number of nitrogens with zero attached hydrogens (tertiary/aromatic N) is 3. The van der Waals surface area contributed by atoms with E-state index in [1.165, 1.54) is 42.7 Å². The molecule has 2 amide bonds. The summed E-state index contributed by atoms with van der Waals surface area (Å²) < 4.78 is 39.8. The van der Waals surface area contributed by atoms with Gasteiger partial charge in [0.2, 0.25) is 0 Å². The second-order valence-electron chi connectivity index (χ2n) is 6.62. The topological polar surface area (TPSA) is 109 Å². The van der Waals surface area contributed by atoms with Gasteiger partial charge in [0.1, 0.15) is 5.82 Å². The number of carbonyl (C=O) groups is 2. The number of hydrogen-bond donors (Lipinski definition) is 3. The summed E-state index contributed by atoms with van der Waals surface area (Å²) in [5.74, 6) is -1.47. The van der Waals surface area contributed by atoms with Gasteiger partial charge in [0.05, 0.1) is 0 Å². The molecular weight excluding hydrogens is 425 g/mol. The van der Waals surface area contributed by atoms with E-state index in [2.05, 4.69) is 31.1 Å². The lowest BCUT2D eigenvalue weighted by atomic mass is 10.1. The van der Waals surface area contributed by atoms with E-state index >= 15 is 0 Å². The molecule has 0 spiro atoms. The van der Waals surface area contributed by atoms with Crippen molar-refractivity contribution in [3.8, 4) is 11.4 Å². The molecule has 0 aliphatic rings. The quantitative estimate of drug-likeness (QED) is 0.482. The Morgan fingerprint density at radius 2 is 1.75 bits per heavy atom. The van der Waals surface area contributed by atoms with E-state index in [4.69, 9.17) is 0 Å². The average molecular weight is 444 g/mol. The molecular formula is C21H19F3N6O2. The van der Waals surface area contributed by atoms with Gasteiger partial charge >= 0.3 is 6.18 Å². The Bertz CT molecular complexity index is 1110. The standard InChI is InChI=1S/C21H19F3N6O2/c1-2-8-26-19(31)13-5-3-6-14(10-13)20(32)30-29-17-11-16(21(22,23)24)27-18(28-17)15-7-4-9-25-12-15/h3-7,9-12H,2,8H2,1H3,(H,26,31)(H,30,32)(H,27,28,29). The minimum Gasteiger partial charge on any atom is -0.352 e. The third-order valence-electron chi connectivity index (χ3n) is 4.16. The number of hydrogen-bond acceptors (Lipinski definition) is 6. The number of rotatable bonds is 7. The lowest BCUT2D eigenvalue weighted by Gasteiger charge is -2.13. The second kappa shape index (κ2) is 9.86. The Labute approximate surface area is 181 Å². The van der Waals surface area contributed by atoms with Gasteiger partial charge < -0.3 is 5.32 Å². The van der Waals surface area contributed by atoms with Gasteiger partial charge in [0.25, 0.3) is 11.8 Å². The zero-order chi connectivity index (χ0) is 23.1. The van der Waals surface area contributed by atoms with Crippen molar-refractivity contribution in [2.24, 2.45) is 0 Å². The van der Waals surface area contributed by atoms with Gasteiger partial charge in [-0.05, 0) is 36.8 Å². The normalized spacial score (nSPS) is 11.0. The van der Waals surface area contributed by atoms with Crippen LogP contribution in [0.1, 0.15) is 39.8 Å². The summed E-state index contributed by atoms with van der Waals surface area (Å²) in [6, 6.07) is 9.66. The molecule has 3 N–H and O–H groups in total. The number of amides is 2. The summed E-state index contributed by atoms with van der Waals surface area (Å²) in [6.07, 6.45) is -1.17. The molecule has 0 unspecified atom stereocenters. The van der Waals surface area contributed by atoms with Gasteiger partial charge in [-0.1, -0.05) is 13.0 Å². The van der Waals surface area contributed by atoms with Crippen molar-refractivity contribution in [2.75, 3.05) is 12.0 Å². The summed E-state index contributed by atoms with van der Waals surface area (Å²) in [4.78, 5) is 36.0.